The van der Waals surface area contributed by atoms with Gasteiger partial charge in [0.05, 0.1) is 5.75 Å². The minimum Gasteiger partial charge on any atom is -0.739 e. The molecule has 7 nitrogen and oxygen atoms in total. The number of nitrogens with one attached hydrogen (secondary N) is 1. The van der Waals surface area contributed by atoms with E-state index in [-0.39, 0.29) is 65.8 Å². The van der Waals surface area contributed by atoms with E-state index in [0.29, 0.717) is 12.8 Å². The predicted octanol–water partition coefficient (Wildman–Crippen LogP) is -0.978. The third-order valence-electron chi connectivity index (χ3n) is 3.00. The maximum Gasteiger partial charge on any atom is 1.00 e. The van der Waals surface area contributed by atoms with E-state index in [0.717, 1.165) is 0 Å². The number of rotatable bonds is 10. The van der Waals surface area contributed by atoms with E-state index in [1.807, 2.05) is 0 Å². The first-order valence-electron chi connectivity index (χ1n) is 7.42. The molecular formula is C14H14F4NNaO6S2. The van der Waals surface area contributed by atoms with Crippen LogP contribution in [0.2, 0.25) is 0 Å². The number of amides is 1. The monoisotopic (exact) mass is 455 g/mol. The van der Waals surface area contributed by atoms with Crippen LogP contribution in [-0.2, 0) is 18.7 Å². The summed E-state index contributed by atoms with van der Waals surface area (Å²) in [5.74, 6) is -10.8. The van der Waals surface area contributed by atoms with Crippen LogP contribution in [0.1, 0.15) is 25.7 Å². The molecule has 0 bridgehead atoms. The van der Waals surface area contributed by atoms with Crippen molar-refractivity contribution in [3.05, 3.63) is 29.3 Å². The van der Waals surface area contributed by atoms with Gasteiger partial charge in [0.25, 0.3) is 0 Å². The molecule has 1 rings (SSSR count). The Labute approximate surface area is 184 Å². The van der Waals surface area contributed by atoms with Crippen LogP contribution in [0, 0.1) is 23.3 Å². The summed E-state index contributed by atoms with van der Waals surface area (Å²) in [6, 6.07) is -0.0126. The molecule has 1 aromatic carbocycles. The number of hydrogen-bond donors (Lipinski definition) is 1. The topological polar surface area (TPSA) is 113 Å². The standard InChI is InChI=1S/C14H15F4NO6S2.Na/c15-8-6-9(16)13(18)14(12(8)17)25-11(21)4-2-1-3-5-19-10(20)7-26-27(22,23)24;/h6H,1-5,7H2,(H,19,20)(H,22,23,24);/q;+1/p-1. The van der Waals surface area contributed by atoms with Gasteiger partial charge in [-0.25, -0.2) is 17.2 Å². The second-order valence-corrected chi connectivity index (χ2v) is 8.38. The molecule has 0 fully saturated rings. The van der Waals surface area contributed by atoms with Crippen molar-refractivity contribution in [3.63, 3.8) is 0 Å². The Bertz CT molecular complexity index is 783. The molecule has 0 spiro atoms. The summed E-state index contributed by atoms with van der Waals surface area (Å²) in [5, 5.41) is 2.35. The van der Waals surface area contributed by atoms with Gasteiger partial charge in [-0.15, -0.1) is 0 Å². The summed E-state index contributed by atoms with van der Waals surface area (Å²) in [4.78, 5) is 22.7. The molecule has 0 saturated heterocycles. The van der Waals surface area contributed by atoms with Crippen LogP contribution in [0.4, 0.5) is 17.6 Å². The second-order valence-electron chi connectivity index (χ2n) is 5.10. The normalized spacial score (nSPS) is 10.9. The SMILES string of the molecule is O=C(CSS(=O)(=O)[O-])NCCCCCC(=O)Oc1c(F)c(F)cc(F)c1F.[Na+]. The Morgan fingerprint density at radius 1 is 1.07 bits per heavy atom. The van der Waals surface area contributed by atoms with Crippen LogP contribution in [0.5, 0.6) is 5.75 Å². The molecule has 1 aromatic rings. The largest absolute Gasteiger partial charge is 1.00 e. The molecule has 0 unspecified atom stereocenters. The number of benzene rings is 1. The summed E-state index contributed by atoms with van der Waals surface area (Å²) in [7, 11) is -4.60. The molecule has 0 atom stereocenters. The molecule has 1 amide bonds. The minimum atomic E-state index is -4.55. The quantitative estimate of drug-likeness (QED) is 0.0706. The van der Waals surface area contributed by atoms with Crippen molar-refractivity contribution in [2.75, 3.05) is 12.3 Å². The van der Waals surface area contributed by atoms with E-state index in [2.05, 4.69) is 10.1 Å². The van der Waals surface area contributed by atoms with Crippen molar-refractivity contribution in [2.45, 2.75) is 25.7 Å². The number of esters is 1. The Hall–Kier alpha value is -0.860. The third-order valence-corrected chi connectivity index (χ3v) is 4.89. The maximum atomic E-state index is 13.3. The van der Waals surface area contributed by atoms with Crippen molar-refractivity contribution < 1.29 is 74.4 Å². The third kappa shape index (κ3) is 10.1. The van der Waals surface area contributed by atoms with Gasteiger partial charge in [-0.3, -0.25) is 9.59 Å². The number of hydrogen-bond acceptors (Lipinski definition) is 7. The molecule has 0 aromatic heterocycles. The van der Waals surface area contributed by atoms with Crippen LogP contribution in [0.15, 0.2) is 6.07 Å². The predicted molar refractivity (Wildman–Crippen MR) is 85.5 cm³/mol. The first kappa shape index (κ1) is 27.1. The van der Waals surface area contributed by atoms with Gasteiger partial charge in [0, 0.05) is 19.0 Å². The molecule has 0 aliphatic rings. The van der Waals surface area contributed by atoms with Crippen LogP contribution >= 0.6 is 10.8 Å². The molecule has 14 heteroatoms. The maximum absolute atomic E-state index is 13.3. The Balaban J connectivity index is 0.00000729. The molecule has 1 N–H and O–H groups in total. The number of carbonyl (C=O) groups excluding carboxylic acids is 2. The van der Waals surface area contributed by atoms with Crippen molar-refractivity contribution in [1.82, 2.24) is 5.32 Å². The molecule has 0 aliphatic heterocycles. The molecule has 28 heavy (non-hydrogen) atoms. The summed E-state index contributed by atoms with van der Waals surface area (Å²) in [6.45, 7) is 0.145. The van der Waals surface area contributed by atoms with Crippen molar-refractivity contribution in [1.29, 1.82) is 0 Å². The summed E-state index contributed by atoms with van der Waals surface area (Å²) >= 11 is 0. The van der Waals surface area contributed by atoms with Crippen molar-refractivity contribution >= 4 is 31.8 Å². The van der Waals surface area contributed by atoms with Gasteiger partial charge >= 0.3 is 35.5 Å². The van der Waals surface area contributed by atoms with Crippen LogP contribution in [0.25, 0.3) is 0 Å². The zero-order valence-electron chi connectivity index (χ0n) is 14.6. The van der Waals surface area contributed by atoms with E-state index in [1.54, 1.807) is 0 Å². The average molecular weight is 455 g/mol. The molecule has 0 heterocycles. The Kier molecular flexibility index (Phi) is 12.3. The molecule has 0 radical (unpaired) electrons. The average Bonchev–Trinajstić information content (AvgIpc) is 2.57. The van der Waals surface area contributed by atoms with E-state index in [1.165, 1.54) is 0 Å². The van der Waals surface area contributed by atoms with E-state index >= 15 is 0 Å². The molecular weight excluding hydrogens is 441 g/mol. The minimum absolute atomic E-state index is 0. The fraction of sp³-hybridized carbons (Fsp3) is 0.429. The second kappa shape index (κ2) is 12.6. The van der Waals surface area contributed by atoms with Crippen molar-refractivity contribution in [2.24, 2.45) is 0 Å². The Morgan fingerprint density at radius 3 is 2.18 bits per heavy atom. The smallest absolute Gasteiger partial charge is 0.739 e. The zero-order valence-corrected chi connectivity index (χ0v) is 18.2. The fourth-order valence-corrected chi connectivity index (χ4v) is 2.89. The number of carbonyl (C=O) groups is 2. The van der Waals surface area contributed by atoms with Gasteiger partial charge < -0.3 is 14.6 Å². The van der Waals surface area contributed by atoms with E-state index in [4.69, 9.17) is 0 Å². The van der Waals surface area contributed by atoms with Crippen LogP contribution in [0.3, 0.4) is 0 Å². The first-order valence-corrected chi connectivity index (χ1v) is 10.3. The summed E-state index contributed by atoms with van der Waals surface area (Å²) in [5.41, 5.74) is 0. The van der Waals surface area contributed by atoms with Gasteiger partial charge in [0.15, 0.2) is 11.6 Å². The molecule has 152 valence electrons. The fourth-order valence-electron chi connectivity index (χ4n) is 1.78. The van der Waals surface area contributed by atoms with Gasteiger partial charge in [0.2, 0.25) is 23.3 Å². The summed E-state index contributed by atoms with van der Waals surface area (Å²) < 4.78 is 87.9. The van der Waals surface area contributed by atoms with Gasteiger partial charge in [0.1, 0.15) is 9.15 Å². The van der Waals surface area contributed by atoms with Gasteiger partial charge in [-0.2, -0.15) is 8.78 Å². The summed E-state index contributed by atoms with van der Waals surface area (Å²) in [6.07, 6.45) is 0.657. The molecule has 0 aliphatic carbocycles. The number of ether oxygens (including phenoxy) is 1. The van der Waals surface area contributed by atoms with Crippen LogP contribution < -0.4 is 39.6 Å². The first-order chi connectivity index (χ1) is 12.5. The number of unbranched alkanes of at least 4 members (excludes halogenated alkanes) is 2. The van der Waals surface area contributed by atoms with Gasteiger partial charge in [-0.05, 0) is 23.6 Å². The zero-order chi connectivity index (χ0) is 20.6. The van der Waals surface area contributed by atoms with Crippen LogP contribution in [-0.4, -0.2) is 37.1 Å². The molecule has 0 saturated carbocycles. The van der Waals surface area contributed by atoms with E-state index < -0.39 is 55.8 Å². The Morgan fingerprint density at radius 2 is 1.64 bits per heavy atom. The number of halogens is 4. The van der Waals surface area contributed by atoms with Crippen molar-refractivity contribution in [3.8, 4) is 5.75 Å². The van der Waals surface area contributed by atoms with Gasteiger partial charge in [-0.1, -0.05) is 6.42 Å². The van der Waals surface area contributed by atoms with E-state index in [9.17, 15) is 40.1 Å².